The topological polar surface area (TPSA) is 26.3 Å². The van der Waals surface area contributed by atoms with Crippen LogP contribution in [0.2, 0.25) is 0 Å². The first-order chi connectivity index (χ1) is 15.1. The van der Waals surface area contributed by atoms with Gasteiger partial charge in [0.15, 0.2) is 0 Å². The zero-order valence-corrected chi connectivity index (χ0v) is 19.4. The minimum atomic E-state index is -0.386. The van der Waals surface area contributed by atoms with Gasteiger partial charge in [0.25, 0.3) is 0 Å². The smallest absolute Gasteiger partial charge is 0.338 e. The van der Waals surface area contributed by atoms with Crippen LogP contribution in [-0.4, -0.2) is 12.1 Å². The SMILES string of the molecule is CCCC1CCC(C2CCC(C3CCC(OC(=O)c4cccc(F)c4)CC3)CC2)CC1. The van der Waals surface area contributed by atoms with Crippen molar-refractivity contribution in [2.75, 3.05) is 0 Å². The Morgan fingerprint density at radius 1 is 0.839 bits per heavy atom. The van der Waals surface area contributed by atoms with E-state index in [2.05, 4.69) is 6.92 Å². The van der Waals surface area contributed by atoms with Gasteiger partial charge < -0.3 is 4.74 Å². The molecule has 1 aromatic rings. The summed E-state index contributed by atoms with van der Waals surface area (Å²) in [5.74, 6) is 3.94. The second-order valence-electron chi connectivity index (χ2n) is 10.7. The molecular formula is C28H41FO2. The van der Waals surface area contributed by atoms with Gasteiger partial charge in [-0.2, -0.15) is 0 Å². The molecule has 0 unspecified atom stereocenters. The van der Waals surface area contributed by atoms with Gasteiger partial charge in [-0.1, -0.05) is 38.7 Å². The van der Waals surface area contributed by atoms with E-state index in [9.17, 15) is 9.18 Å². The summed E-state index contributed by atoms with van der Waals surface area (Å²) in [6.07, 6.45) is 18.8. The van der Waals surface area contributed by atoms with Crippen LogP contribution in [0.5, 0.6) is 0 Å². The minimum absolute atomic E-state index is 0.00154. The van der Waals surface area contributed by atoms with E-state index in [0.717, 1.165) is 42.4 Å². The average molecular weight is 429 g/mol. The molecular weight excluding hydrogens is 387 g/mol. The summed E-state index contributed by atoms with van der Waals surface area (Å²) in [6.45, 7) is 2.33. The van der Waals surface area contributed by atoms with Crippen LogP contribution in [0.25, 0.3) is 0 Å². The first kappa shape index (κ1) is 22.8. The van der Waals surface area contributed by atoms with Crippen molar-refractivity contribution in [2.45, 2.75) is 103 Å². The van der Waals surface area contributed by atoms with Crippen LogP contribution in [0.3, 0.4) is 0 Å². The Balaban J connectivity index is 1.16. The Hall–Kier alpha value is -1.38. The number of rotatable bonds is 6. The van der Waals surface area contributed by atoms with Crippen molar-refractivity contribution in [2.24, 2.45) is 29.6 Å². The normalized spacial score (nSPS) is 34.3. The van der Waals surface area contributed by atoms with E-state index in [1.807, 2.05) is 0 Å². The quantitative estimate of drug-likeness (QED) is 0.430. The molecule has 1 aromatic carbocycles. The van der Waals surface area contributed by atoms with Gasteiger partial charge in [0.05, 0.1) is 5.56 Å². The third-order valence-corrected chi connectivity index (χ3v) is 8.79. The molecule has 31 heavy (non-hydrogen) atoms. The summed E-state index contributed by atoms with van der Waals surface area (Å²) in [4.78, 5) is 12.3. The van der Waals surface area contributed by atoms with E-state index in [1.54, 1.807) is 12.1 Å². The number of hydrogen-bond acceptors (Lipinski definition) is 2. The molecule has 3 saturated carbocycles. The highest BCUT2D eigenvalue weighted by atomic mass is 19.1. The molecule has 0 aliphatic heterocycles. The fraction of sp³-hybridized carbons (Fsp3) is 0.750. The molecule has 3 aliphatic carbocycles. The summed E-state index contributed by atoms with van der Waals surface area (Å²) in [6, 6.07) is 5.82. The van der Waals surface area contributed by atoms with Gasteiger partial charge in [-0.05, 0) is 112 Å². The van der Waals surface area contributed by atoms with Crippen molar-refractivity contribution in [3.8, 4) is 0 Å². The summed E-state index contributed by atoms with van der Waals surface area (Å²) in [5.41, 5.74) is 0.323. The zero-order valence-electron chi connectivity index (χ0n) is 19.4. The molecule has 4 rings (SSSR count). The lowest BCUT2D eigenvalue weighted by molar-refractivity contribution is 0.00993. The highest BCUT2D eigenvalue weighted by molar-refractivity contribution is 5.89. The summed E-state index contributed by atoms with van der Waals surface area (Å²) < 4.78 is 19.0. The molecule has 0 N–H and O–H groups in total. The predicted molar refractivity (Wildman–Crippen MR) is 123 cm³/mol. The van der Waals surface area contributed by atoms with Crippen LogP contribution in [0.1, 0.15) is 107 Å². The fourth-order valence-corrected chi connectivity index (χ4v) is 6.96. The highest BCUT2D eigenvalue weighted by Crippen LogP contribution is 2.46. The second kappa shape index (κ2) is 11.0. The fourth-order valence-electron chi connectivity index (χ4n) is 6.96. The molecule has 0 amide bonds. The number of halogens is 1. The lowest BCUT2D eigenvalue weighted by Gasteiger charge is -2.41. The Kier molecular flexibility index (Phi) is 8.07. The van der Waals surface area contributed by atoms with Gasteiger partial charge in [-0.25, -0.2) is 9.18 Å². The van der Waals surface area contributed by atoms with E-state index in [4.69, 9.17) is 4.74 Å². The van der Waals surface area contributed by atoms with E-state index < -0.39 is 0 Å². The van der Waals surface area contributed by atoms with E-state index >= 15 is 0 Å². The maximum atomic E-state index is 13.4. The molecule has 0 heterocycles. The molecule has 3 heteroatoms. The number of hydrogen-bond donors (Lipinski definition) is 0. The maximum Gasteiger partial charge on any atom is 0.338 e. The molecule has 0 aromatic heterocycles. The van der Waals surface area contributed by atoms with Gasteiger partial charge in [0.2, 0.25) is 0 Å². The molecule has 0 atom stereocenters. The lowest BCUT2D eigenvalue weighted by Crippen LogP contribution is -2.31. The van der Waals surface area contributed by atoms with Crippen LogP contribution in [0.15, 0.2) is 24.3 Å². The summed E-state index contributed by atoms with van der Waals surface area (Å²) in [5, 5.41) is 0. The van der Waals surface area contributed by atoms with Crippen molar-refractivity contribution in [1.29, 1.82) is 0 Å². The minimum Gasteiger partial charge on any atom is -0.459 e. The van der Waals surface area contributed by atoms with Crippen molar-refractivity contribution in [3.05, 3.63) is 35.6 Å². The van der Waals surface area contributed by atoms with Crippen LogP contribution < -0.4 is 0 Å². The van der Waals surface area contributed by atoms with Crippen LogP contribution in [0, 0.1) is 35.4 Å². The lowest BCUT2D eigenvalue weighted by atomic mass is 9.65. The summed E-state index contributed by atoms with van der Waals surface area (Å²) >= 11 is 0. The van der Waals surface area contributed by atoms with E-state index in [-0.39, 0.29) is 17.9 Å². The molecule has 2 nitrogen and oxygen atoms in total. The second-order valence-corrected chi connectivity index (χ2v) is 10.7. The first-order valence-electron chi connectivity index (χ1n) is 13.1. The number of carbonyl (C=O) groups excluding carboxylic acids is 1. The van der Waals surface area contributed by atoms with Crippen LogP contribution >= 0.6 is 0 Å². The molecule has 3 fully saturated rings. The number of ether oxygens (including phenoxy) is 1. The predicted octanol–water partition coefficient (Wildman–Crippen LogP) is 7.95. The van der Waals surface area contributed by atoms with Gasteiger partial charge in [0.1, 0.15) is 11.9 Å². The van der Waals surface area contributed by atoms with Crippen LogP contribution in [0.4, 0.5) is 4.39 Å². The number of esters is 1. The van der Waals surface area contributed by atoms with E-state index in [0.29, 0.717) is 5.56 Å². The Labute approximate surface area is 188 Å². The zero-order chi connectivity index (χ0) is 21.6. The van der Waals surface area contributed by atoms with Crippen molar-refractivity contribution in [3.63, 3.8) is 0 Å². The molecule has 0 spiro atoms. The number of carbonyl (C=O) groups is 1. The Morgan fingerprint density at radius 3 is 1.87 bits per heavy atom. The first-order valence-corrected chi connectivity index (χ1v) is 13.1. The largest absolute Gasteiger partial charge is 0.459 e. The van der Waals surface area contributed by atoms with Crippen molar-refractivity contribution >= 4 is 5.97 Å². The molecule has 172 valence electrons. The van der Waals surface area contributed by atoms with E-state index in [1.165, 1.54) is 89.2 Å². The molecule has 0 bridgehead atoms. The van der Waals surface area contributed by atoms with Gasteiger partial charge in [0, 0.05) is 0 Å². The molecule has 0 radical (unpaired) electrons. The molecule has 0 saturated heterocycles. The van der Waals surface area contributed by atoms with Gasteiger partial charge >= 0.3 is 5.97 Å². The monoisotopic (exact) mass is 428 g/mol. The van der Waals surface area contributed by atoms with Gasteiger partial charge in [-0.15, -0.1) is 0 Å². The Morgan fingerprint density at radius 2 is 1.35 bits per heavy atom. The third-order valence-electron chi connectivity index (χ3n) is 8.79. The maximum absolute atomic E-state index is 13.4. The standard InChI is InChI=1S/C28H41FO2/c1-2-4-20-7-9-21(10-8-20)22-11-13-23(14-12-22)24-15-17-27(18-16-24)31-28(30)25-5-3-6-26(29)19-25/h3,5-6,19-24,27H,2,4,7-18H2,1H3. The highest BCUT2D eigenvalue weighted by Gasteiger charge is 2.35. The molecule has 3 aliphatic rings. The van der Waals surface area contributed by atoms with Crippen molar-refractivity contribution < 1.29 is 13.9 Å². The third kappa shape index (κ3) is 6.11. The van der Waals surface area contributed by atoms with Crippen LogP contribution in [-0.2, 0) is 4.74 Å². The summed E-state index contributed by atoms with van der Waals surface area (Å²) in [7, 11) is 0. The number of benzene rings is 1. The average Bonchev–Trinajstić information content (AvgIpc) is 2.80. The van der Waals surface area contributed by atoms with Gasteiger partial charge in [-0.3, -0.25) is 0 Å². The Bertz CT molecular complexity index is 693. The van der Waals surface area contributed by atoms with Crippen molar-refractivity contribution in [1.82, 2.24) is 0 Å².